The van der Waals surface area contributed by atoms with Crippen molar-refractivity contribution in [2.75, 3.05) is 13.1 Å². The van der Waals surface area contributed by atoms with E-state index in [1.54, 1.807) is 13.8 Å². The molecular formula is C19H27N5O5S. The van der Waals surface area contributed by atoms with Gasteiger partial charge in [0.1, 0.15) is 0 Å². The fraction of sp³-hybridized carbons (Fsp3) is 0.474. The average Bonchev–Trinajstić information content (AvgIpc) is 3.20. The molecule has 2 amide bonds. The molecule has 0 aliphatic heterocycles. The molecule has 10 nitrogen and oxygen atoms in total. The zero-order chi connectivity index (χ0) is 22.1. The summed E-state index contributed by atoms with van der Waals surface area (Å²) in [7, 11) is -3.68. The summed E-state index contributed by atoms with van der Waals surface area (Å²) in [5.74, 6) is 0.0943. The number of nitrogens with one attached hydrogen (secondary N) is 2. The molecular weight excluding hydrogens is 410 g/mol. The van der Waals surface area contributed by atoms with E-state index < -0.39 is 15.9 Å². The lowest BCUT2D eigenvalue weighted by Gasteiger charge is -2.18. The first-order chi connectivity index (χ1) is 14.3. The Morgan fingerprint density at radius 2 is 1.87 bits per heavy atom. The molecule has 11 heteroatoms. The fourth-order valence-electron chi connectivity index (χ4n) is 2.71. The van der Waals surface area contributed by atoms with Crippen molar-refractivity contribution in [1.29, 1.82) is 0 Å². The molecule has 1 aromatic carbocycles. The predicted octanol–water partition coefficient (Wildman–Crippen LogP) is 1.45. The predicted molar refractivity (Wildman–Crippen MR) is 109 cm³/mol. The lowest BCUT2D eigenvalue weighted by Crippen LogP contribution is -2.41. The molecule has 30 heavy (non-hydrogen) atoms. The Morgan fingerprint density at radius 1 is 1.13 bits per heavy atom. The number of rotatable bonds is 10. The van der Waals surface area contributed by atoms with Crippen LogP contribution in [0.25, 0.3) is 0 Å². The van der Waals surface area contributed by atoms with Gasteiger partial charge in [0.25, 0.3) is 5.91 Å². The van der Waals surface area contributed by atoms with Gasteiger partial charge in [0.2, 0.25) is 21.8 Å². The molecule has 0 fully saturated rings. The van der Waals surface area contributed by atoms with E-state index in [4.69, 9.17) is 4.52 Å². The van der Waals surface area contributed by atoms with Crippen LogP contribution >= 0.6 is 0 Å². The Morgan fingerprint density at radius 3 is 2.50 bits per heavy atom. The SMILES string of the molecule is CCc1noc(CCCC(=O)NNC(=O)c2cccc(S(=O)(=O)N(CC)CC)c2)n1. The van der Waals surface area contributed by atoms with Crippen molar-refractivity contribution >= 4 is 21.8 Å². The maximum atomic E-state index is 12.6. The highest BCUT2D eigenvalue weighted by Crippen LogP contribution is 2.17. The van der Waals surface area contributed by atoms with Crippen molar-refractivity contribution in [3.8, 4) is 0 Å². The molecule has 0 spiro atoms. The Balaban J connectivity index is 1.87. The summed E-state index contributed by atoms with van der Waals surface area (Å²) in [4.78, 5) is 28.4. The number of hydrogen-bond donors (Lipinski definition) is 2. The van der Waals surface area contributed by atoms with Crippen LogP contribution in [-0.4, -0.2) is 47.8 Å². The number of carbonyl (C=O) groups excluding carboxylic acids is 2. The van der Waals surface area contributed by atoms with E-state index in [2.05, 4.69) is 21.0 Å². The third kappa shape index (κ3) is 6.10. The molecule has 0 radical (unpaired) electrons. The number of aryl methyl sites for hydroxylation is 2. The average molecular weight is 438 g/mol. The van der Waals surface area contributed by atoms with Gasteiger partial charge in [0.05, 0.1) is 4.90 Å². The Hall–Kier alpha value is -2.79. The third-order valence-corrected chi connectivity index (χ3v) is 6.42. The second kappa shape index (κ2) is 10.8. The molecule has 2 aromatic rings. The van der Waals surface area contributed by atoms with Gasteiger partial charge in [0, 0.05) is 37.9 Å². The normalized spacial score (nSPS) is 11.5. The van der Waals surface area contributed by atoms with Gasteiger partial charge < -0.3 is 4.52 Å². The Kier molecular flexibility index (Phi) is 8.48. The minimum atomic E-state index is -3.68. The Labute approximate surface area is 176 Å². The summed E-state index contributed by atoms with van der Waals surface area (Å²) < 4.78 is 31.6. The summed E-state index contributed by atoms with van der Waals surface area (Å²) in [5, 5.41) is 3.78. The van der Waals surface area contributed by atoms with Crippen molar-refractivity contribution in [2.24, 2.45) is 0 Å². The minimum Gasteiger partial charge on any atom is -0.339 e. The summed E-state index contributed by atoms with van der Waals surface area (Å²) in [5.41, 5.74) is 4.75. The van der Waals surface area contributed by atoms with Gasteiger partial charge in [-0.3, -0.25) is 20.4 Å². The van der Waals surface area contributed by atoms with Crippen LogP contribution in [-0.2, 0) is 27.7 Å². The summed E-state index contributed by atoms with van der Waals surface area (Å²) >= 11 is 0. The van der Waals surface area contributed by atoms with Crippen molar-refractivity contribution in [1.82, 2.24) is 25.3 Å². The van der Waals surface area contributed by atoms with Crippen molar-refractivity contribution in [3.63, 3.8) is 0 Å². The number of hydrogen-bond acceptors (Lipinski definition) is 7. The molecule has 0 unspecified atom stereocenters. The molecule has 1 aromatic heterocycles. The lowest BCUT2D eigenvalue weighted by molar-refractivity contribution is -0.121. The van der Waals surface area contributed by atoms with E-state index in [0.717, 1.165) is 0 Å². The van der Waals surface area contributed by atoms with Crippen molar-refractivity contribution < 1.29 is 22.5 Å². The second-order valence-electron chi connectivity index (χ2n) is 6.43. The van der Waals surface area contributed by atoms with Gasteiger partial charge in [0.15, 0.2) is 5.82 Å². The second-order valence-corrected chi connectivity index (χ2v) is 8.37. The van der Waals surface area contributed by atoms with E-state index in [9.17, 15) is 18.0 Å². The van der Waals surface area contributed by atoms with Gasteiger partial charge in [-0.05, 0) is 24.6 Å². The molecule has 0 bridgehead atoms. The maximum Gasteiger partial charge on any atom is 0.269 e. The van der Waals surface area contributed by atoms with Crippen molar-refractivity contribution in [3.05, 3.63) is 41.5 Å². The molecule has 0 atom stereocenters. The first-order valence-electron chi connectivity index (χ1n) is 9.82. The molecule has 1 heterocycles. The van der Waals surface area contributed by atoms with E-state index in [1.807, 2.05) is 6.92 Å². The van der Waals surface area contributed by atoms with Crippen LogP contribution in [0.1, 0.15) is 55.7 Å². The van der Waals surface area contributed by atoms with Crippen LogP contribution in [0.2, 0.25) is 0 Å². The maximum absolute atomic E-state index is 12.6. The Bertz CT molecular complexity index is 969. The number of amides is 2. The van der Waals surface area contributed by atoms with E-state index in [1.165, 1.54) is 28.6 Å². The number of nitrogens with zero attached hydrogens (tertiary/aromatic N) is 3. The largest absolute Gasteiger partial charge is 0.339 e. The molecule has 2 N–H and O–H groups in total. The van der Waals surface area contributed by atoms with E-state index in [-0.39, 0.29) is 22.8 Å². The molecule has 2 rings (SSSR count). The van der Waals surface area contributed by atoms with Gasteiger partial charge in [-0.15, -0.1) is 0 Å². The zero-order valence-corrected chi connectivity index (χ0v) is 18.2. The highest BCUT2D eigenvalue weighted by atomic mass is 32.2. The number of hydrazine groups is 1. The molecule has 164 valence electrons. The monoisotopic (exact) mass is 437 g/mol. The van der Waals surface area contributed by atoms with E-state index >= 15 is 0 Å². The minimum absolute atomic E-state index is 0.0242. The van der Waals surface area contributed by atoms with Crippen LogP contribution in [0.4, 0.5) is 0 Å². The quantitative estimate of drug-likeness (QED) is 0.537. The van der Waals surface area contributed by atoms with Crippen LogP contribution in [0, 0.1) is 0 Å². The topological polar surface area (TPSA) is 134 Å². The number of aromatic nitrogens is 2. The van der Waals surface area contributed by atoms with Crippen LogP contribution in [0.15, 0.2) is 33.7 Å². The number of carbonyl (C=O) groups is 2. The third-order valence-electron chi connectivity index (χ3n) is 4.38. The molecule has 0 saturated heterocycles. The molecule has 0 aliphatic carbocycles. The summed E-state index contributed by atoms with van der Waals surface area (Å²) in [6.07, 6.45) is 1.76. The summed E-state index contributed by atoms with van der Waals surface area (Å²) in [6, 6.07) is 5.69. The summed E-state index contributed by atoms with van der Waals surface area (Å²) in [6.45, 7) is 6.06. The van der Waals surface area contributed by atoms with E-state index in [0.29, 0.717) is 44.1 Å². The van der Waals surface area contributed by atoms with Gasteiger partial charge in [-0.1, -0.05) is 32.0 Å². The van der Waals surface area contributed by atoms with Crippen LogP contribution < -0.4 is 10.9 Å². The molecule has 0 aliphatic rings. The lowest BCUT2D eigenvalue weighted by atomic mass is 10.2. The molecule has 0 saturated carbocycles. The van der Waals surface area contributed by atoms with Gasteiger partial charge in [-0.2, -0.15) is 9.29 Å². The van der Waals surface area contributed by atoms with Crippen molar-refractivity contribution in [2.45, 2.75) is 51.3 Å². The van der Waals surface area contributed by atoms with Crippen LogP contribution in [0.5, 0.6) is 0 Å². The standard InChI is InChI=1S/C19H27N5O5S/c1-4-16-20-18(29-23-16)12-8-11-17(25)21-22-19(26)14-9-7-10-15(13-14)30(27,28)24(5-2)6-3/h7,9-10,13H,4-6,8,11-12H2,1-3H3,(H,21,25)(H,22,26). The number of sulfonamides is 1. The highest BCUT2D eigenvalue weighted by molar-refractivity contribution is 7.89. The van der Waals surface area contributed by atoms with Gasteiger partial charge >= 0.3 is 0 Å². The number of benzene rings is 1. The van der Waals surface area contributed by atoms with Gasteiger partial charge in [-0.25, -0.2) is 8.42 Å². The fourth-order valence-corrected chi connectivity index (χ4v) is 4.21. The smallest absolute Gasteiger partial charge is 0.269 e. The highest BCUT2D eigenvalue weighted by Gasteiger charge is 2.22. The first-order valence-corrected chi connectivity index (χ1v) is 11.3. The first kappa shape index (κ1) is 23.5. The zero-order valence-electron chi connectivity index (χ0n) is 17.3. The van der Waals surface area contributed by atoms with Crippen LogP contribution in [0.3, 0.4) is 0 Å².